The van der Waals surface area contributed by atoms with Crippen molar-refractivity contribution in [3.05, 3.63) is 0 Å². The van der Waals surface area contributed by atoms with E-state index in [0.29, 0.717) is 13.0 Å². The molecule has 0 bridgehead atoms. The molecule has 14 heavy (non-hydrogen) atoms. The van der Waals surface area contributed by atoms with Gasteiger partial charge in [-0.15, -0.1) is 0 Å². The van der Waals surface area contributed by atoms with E-state index in [2.05, 4.69) is 0 Å². The molecule has 1 rings (SSSR count). The third-order valence-corrected chi connectivity index (χ3v) is 2.40. The van der Waals surface area contributed by atoms with Gasteiger partial charge in [-0.25, -0.2) is 0 Å². The van der Waals surface area contributed by atoms with E-state index < -0.39 is 18.2 Å². The zero-order chi connectivity index (χ0) is 10.7. The minimum atomic E-state index is -4.12. The van der Waals surface area contributed by atoms with E-state index in [1.807, 2.05) is 0 Å². The molecule has 2 nitrogen and oxygen atoms in total. The Labute approximate surface area is 81.1 Å². The molecule has 5 heteroatoms. The normalized spacial score (nSPS) is 29.1. The van der Waals surface area contributed by atoms with Gasteiger partial charge in [-0.1, -0.05) is 0 Å². The number of halogens is 3. The summed E-state index contributed by atoms with van der Waals surface area (Å²) in [6.07, 6.45) is -3.52. The smallest absolute Gasteiger partial charge is 0.387 e. The fraction of sp³-hybridized carbons (Fsp3) is 1.00. The van der Waals surface area contributed by atoms with E-state index in [1.165, 1.54) is 0 Å². The van der Waals surface area contributed by atoms with Crippen LogP contribution in [0.15, 0.2) is 0 Å². The van der Waals surface area contributed by atoms with Gasteiger partial charge in [0, 0.05) is 13.0 Å². The fourth-order valence-corrected chi connectivity index (χ4v) is 1.65. The van der Waals surface area contributed by atoms with Crippen molar-refractivity contribution in [1.29, 1.82) is 0 Å². The number of alkyl halides is 3. The molecule has 1 saturated heterocycles. The molecule has 1 aliphatic rings. The summed E-state index contributed by atoms with van der Waals surface area (Å²) in [5.41, 5.74) is -1.02. The van der Waals surface area contributed by atoms with Gasteiger partial charge in [-0.05, 0) is 25.7 Å². The Morgan fingerprint density at radius 2 is 2.07 bits per heavy atom. The van der Waals surface area contributed by atoms with E-state index in [1.54, 1.807) is 0 Å². The van der Waals surface area contributed by atoms with Crippen LogP contribution in [0.25, 0.3) is 0 Å². The lowest BCUT2D eigenvalue weighted by Crippen LogP contribution is -2.38. The van der Waals surface area contributed by atoms with Crippen LogP contribution in [-0.2, 0) is 4.74 Å². The molecule has 1 N–H and O–H groups in total. The summed E-state index contributed by atoms with van der Waals surface area (Å²) in [5.74, 6) is 0. The van der Waals surface area contributed by atoms with Crippen LogP contribution in [0.3, 0.4) is 0 Å². The highest BCUT2D eigenvalue weighted by Gasteiger charge is 2.32. The molecule has 0 aromatic rings. The predicted octanol–water partition coefficient (Wildman–Crippen LogP) is 2.26. The summed E-state index contributed by atoms with van der Waals surface area (Å²) in [6, 6.07) is 0. The maximum Gasteiger partial charge on any atom is 0.389 e. The Bertz CT molecular complexity index is 173. The molecule has 1 fully saturated rings. The van der Waals surface area contributed by atoms with Crippen LogP contribution in [0.1, 0.15) is 32.1 Å². The van der Waals surface area contributed by atoms with Crippen molar-refractivity contribution in [2.24, 2.45) is 0 Å². The Kier molecular flexibility index (Phi) is 3.78. The lowest BCUT2D eigenvalue weighted by Gasteiger charge is -2.32. The molecule has 0 radical (unpaired) electrons. The fourth-order valence-electron chi connectivity index (χ4n) is 1.65. The predicted molar refractivity (Wildman–Crippen MR) is 44.9 cm³/mol. The second-order valence-electron chi connectivity index (χ2n) is 3.85. The van der Waals surface area contributed by atoms with Gasteiger partial charge in [0.2, 0.25) is 0 Å². The summed E-state index contributed by atoms with van der Waals surface area (Å²) in [4.78, 5) is 0. The average molecular weight is 212 g/mol. The molecular weight excluding hydrogens is 197 g/mol. The second-order valence-corrected chi connectivity index (χ2v) is 3.85. The molecule has 84 valence electrons. The lowest BCUT2D eigenvalue weighted by molar-refractivity contribution is -0.142. The molecular formula is C9H15F3O2. The molecule has 1 atom stereocenters. The largest absolute Gasteiger partial charge is 0.389 e. The highest BCUT2D eigenvalue weighted by atomic mass is 19.4. The molecule has 0 aliphatic carbocycles. The maximum absolute atomic E-state index is 11.8. The second kappa shape index (κ2) is 4.49. The average Bonchev–Trinajstić information content (AvgIpc) is 2.02. The maximum atomic E-state index is 11.8. The van der Waals surface area contributed by atoms with Crippen LogP contribution in [0.4, 0.5) is 13.2 Å². The minimum absolute atomic E-state index is 0.0244. The number of aliphatic hydroxyl groups is 1. The molecule has 0 aromatic carbocycles. The van der Waals surface area contributed by atoms with E-state index in [4.69, 9.17) is 4.74 Å². The number of hydrogen-bond donors (Lipinski definition) is 1. The van der Waals surface area contributed by atoms with Crippen LogP contribution in [-0.4, -0.2) is 30.1 Å². The Hall–Kier alpha value is -0.290. The first-order chi connectivity index (χ1) is 6.41. The summed E-state index contributed by atoms with van der Waals surface area (Å²) >= 11 is 0. The lowest BCUT2D eigenvalue weighted by atomic mass is 9.91. The van der Waals surface area contributed by atoms with Crippen molar-refractivity contribution in [2.75, 3.05) is 13.2 Å². The first-order valence-electron chi connectivity index (χ1n) is 4.78. The van der Waals surface area contributed by atoms with Crippen LogP contribution >= 0.6 is 0 Å². The van der Waals surface area contributed by atoms with Crippen molar-refractivity contribution in [3.63, 3.8) is 0 Å². The number of rotatable bonds is 3. The molecule has 0 amide bonds. The van der Waals surface area contributed by atoms with Gasteiger partial charge in [0.15, 0.2) is 0 Å². The first-order valence-corrected chi connectivity index (χ1v) is 4.78. The zero-order valence-electron chi connectivity index (χ0n) is 7.94. The van der Waals surface area contributed by atoms with Crippen LogP contribution < -0.4 is 0 Å². The Morgan fingerprint density at radius 3 is 2.57 bits per heavy atom. The van der Waals surface area contributed by atoms with Gasteiger partial charge < -0.3 is 9.84 Å². The monoisotopic (exact) mass is 212 g/mol. The van der Waals surface area contributed by atoms with Crippen LogP contribution in [0.2, 0.25) is 0 Å². The molecule has 0 spiro atoms. The van der Waals surface area contributed by atoms with E-state index in [0.717, 1.165) is 6.42 Å². The highest BCUT2D eigenvalue weighted by molar-refractivity contribution is 4.81. The minimum Gasteiger partial charge on any atom is -0.387 e. The first kappa shape index (κ1) is 11.8. The number of ether oxygens (including phenoxy) is 1. The van der Waals surface area contributed by atoms with Crippen molar-refractivity contribution in [3.8, 4) is 0 Å². The third kappa shape index (κ3) is 4.28. The molecule has 0 saturated carbocycles. The van der Waals surface area contributed by atoms with E-state index in [-0.39, 0.29) is 19.4 Å². The van der Waals surface area contributed by atoms with Crippen molar-refractivity contribution in [2.45, 2.75) is 43.9 Å². The Balaban J connectivity index is 2.22. The standard InChI is InChI=1S/C9H15F3O2/c10-9(11,12)5-1-3-8(13)4-2-6-14-7-8/h13H,1-7H2. The zero-order valence-corrected chi connectivity index (χ0v) is 7.94. The quantitative estimate of drug-likeness (QED) is 0.777. The van der Waals surface area contributed by atoms with Gasteiger partial charge >= 0.3 is 6.18 Å². The van der Waals surface area contributed by atoms with Gasteiger partial charge in [0.25, 0.3) is 0 Å². The summed E-state index contributed by atoms with van der Waals surface area (Å²) < 4.78 is 40.5. The van der Waals surface area contributed by atoms with Crippen LogP contribution in [0.5, 0.6) is 0 Å². The van der Waals surface area contributed by atoms with E-state index >= 15 is 0 Å². The molecule has 1 heterocycles. The Morgan fingerprint density at radius 1 is 1.36 bits per heavy atom. The topological polar surface area (TPSA) is 29.5 Å². The summed E-state index contributed by atoms with van der Waals surface area (Å²) in [6.45, 7) is 0.770. The van der Waals surface area contributed by atoms with Crippen molar-refractivity contribution >= 4 is 0 Å². The highest BCUT2D eigenvalue weighted by Crippen LogP contribution is 2.28. The SMILES string of the molecule is OC1(CCCC(F)(F)F)CCCOC1. The van der Waals surface area contributed by atoms with Crippen molar-refractivity contribution < 1.29 is 23.0 Å². The van der Waals surface area contributed by atoms with E-state index in [9.17, 15) is 18.3 Å². The van der Waals surface area contributed by atoms with Gasteiger partial charge in [0.1, 0.15) is 0 Å². The molecule has 1 aliphatic heterocycles. The molecule has 1 unspecified atom stereocenters. The van der Waals surface area contributed by atoms with Crippen LogP contribution in [0, 0.1) is 0 Å². The number of hydrogen-bond acceptors (Lipinski definition) is 2. The van der Waals surface area contributed by atoms with Gasteiger partial charge in [0.05, 0.1) is 12.2 Å². The summed E-state index contributed by atoms with van der Waals surface area (Å²) in [7, 11) is 0. The van der Waals surface area contributed by atoms with Crippen molar-refractivity contribution in [1.82, 2.24) is 0 Å². The van der Waals surface area contributed by atoms with Gasteiger partial charge in [-0.2, -0.15) is 13.2 Å². The van der Waals surface area contributed by atoms with Gasteiger partial charge in [-0.3, -0.25) is 0 Å². The molecule has 0 aromatic heterocycles. The summed E-state index contributed by atoms with van der Waals surface area (Å²) in [5, 5.41) is 9.78. The third-order valence-electron chi connectivity index (χ3n) is 2.40.